The van der Waals surface area contributed by atoms with Crippen LogP contribution in [-0.2, 0) is 4.79 Å². The summed E-state index contributed by atoms with van der Waals surface area (Å²) in [5, 5.41) is 3.15. The number of hydrogen-bond acceptors (Lipinski definition) is 6. The maximum absolute atomic E-state index is 12.8. The van der Waals surface area contributed by atoms with Crippen LogP contribution in [0.3, 0.4) is 0 Å². The van der Waals surface area contributed by atoms with Crippen molar-refractivity contribution in [2.75, 3.05) is 37.6 Å². The lowest BCUT2D eigenvalue weighted by Crippen LogP contribution is -2.45. The van der Waals surface area contributed by atoms with Crippen molar-refractivity contribution in [3.8, 4) is 0 Å². The van der Waals surface area contributed by atoms with Crippen LogP contribution in [0.15, 0.2) is 41.3 Å². The van der Waals surface area contributed by atoms with Gasteiger partial charge in [0, 0.05) is 32.0 Å². The van der Waals surface area contributed by atoms with Crippen LogP contribution in [0.2, 0.25) is 0 Å². The molecular weight excluding hydrogens is 342 g/mol. The molecule has 1 fully saturated rings. The molecule has 3 rings (SSSR count). The monoisotopic (exact) mass is 371 g/mol. The molecule has 2 aromatic heterocycles. The predicted octanol–water partition coefficient (Wildman–Crippen LogP) is 2.49. The molecular formula is C20H29N5O2. The van der Waals surface area contributed by atoms with Crippen molar-refractivity contribution < 1.29 is 9.21 Å². The van der Waals surface area contributed by atoms with Crippen LogP contribution in [0, 0.1) is 5.92 Å². The number of nitrogens with one attached hydrogen (secondary N) is 1. The van der Waals surface area contributed by atoms with E-state index in [4.69, 9.17) is 4.42 Å². The molecule has 146 valence electrons. The molecule has 27 heavy (non-hydrogen) atoms. The van der Waals surface area contributed by atoms with E-state index in [1.807, 2.05) is 12.1 Å². The quantitative estimate of drug-likeness (QED) is 0.768. The minimum absolute atomic E-state index is 0.0449. The summed E-state index contributed by atoms with van der Waals surface area (Å²) >= 11 is 0. The van der Waals surface area contributed by atoms with Crippen LogP contribution in [0.25, 0.3) is 0 Å². The molecule has 0 aliphatic carbocycles. The van der Waals surface area contributed by atoms with E-state index >= 15 is 0 Å². The first-order valence-corrected chi connectivity index (χ1v) is 9.80. The predicted molar refractivity (Wildman–Crippen MR) is 104 cm³/mol. The van der Waals surface area contributed by atoms with Crippen molar-refractivity contribution >= 4 is 11.9 Å². The molecule has 1 amide bonds. The standard InChI is InChI=1S/C20H29N5O2/c1-3-24(4-2)17(18-9-6-13-27-18)14-23-19(26)16-8-5-12-25(15-16)20-21-10-7-11-22-20/h6-7,9-11,13,16-17H,3-5,8,12,14-15H2,1-2H3,(H,23,26)/t16-,17+/m0/s1. The largest absolute Gasteiger partial charge is 0.468 e. The molecule has 2 atom stereocenters. The first-order chi connectivity index (χ1) is 13.2. The Morgan fingerprint density at radius 1 is 1.33 bits per heavy atom. The number of amides is 1. The Kier molecular flexibility index (Phi) is 6.81. The molecule has 0 radical (unpaired) electrons. The number of likely N-dealkylation sites (N-methyl/N-ethyl adjacent to an activating group) is 1. The Hall–Kier alpha value is -2.41. The third-order valence-electron chi connectivity index (χ3n) is 5.22. The zero-order valence-corrected chi connectivity index (χ0v) is 16.2. The molecule has 3 heterocycles. The first-order valence-electron chi connectivity index (χ1n) is 9.80. The lowest BCUT2D eigenvalue weighted by atomic mass is 9.97. The molecule has 0 spiro atoms. The van der Waals surface area contributed by atoms with Crippen LogP contribution in [0.1, 0.15) is 38.5 Å². The maximum Gasteiger partial charge on any atom is 0.225 e. The van der Waals surface area contributed by atoms with E-state index in [1.165, 1.54) is 0 Å². The number of nitrogens with zero attached hydrogens (tertiary/aromatic N) is 4. The second-order valence-electron chi connectivity index (χ2n) is 6.83. The minimum Gasteiger partial charge on any atom is -0.468 e. The Bertz CT molecular complexity index is 688. The van der Waals surface area contributed by atoms with Crippen molar-refractivity contribution in [3.63, 3.8) is 0 Å². The van der Waals surface area contributed by atoms with Crippen LogP contribution in [0.4, 0.5) is 5.95 Å². The summed E-state index contributed by atoms with van der Waals surface area (Å²) in [7, 11) is 0. The van der Waals surface area contributed by atoms with Gasteiger partial charge in [0.15, 0.2) is 0 Å². The summed E-state index contributed by atoms with van der Waals surface area (Å²) in [6.45, 7) is 8.15. The van der Waals surface area contributed by atoms with Gasteiger partial charge in [0.1, 0.15) is 5.76 Å². The number of rotatable bonds is 8. The normalized spacial score (nSPS) is 18.5. The molecule has 7 heteroatoms. The van der Waals surface area contributed by atoms with Gasteiger partial charge in [0.2, 0.25) is 11.9 Å². The van der Waals surface area contributed by atoms with Crippen LogP contribution >= 0.6 is 0 Å². The summed E-state index contributed by atoms with van der Waals surface area (Å²) in [4.78, 5) is 25.8. The van der Waals surface area contributed by atoms with Crippen molar-refractivity contribution in [2.24, 2.45) is 5.92 Å². The molecule has 7 nitrogen and oxygen atoms in total. The fourth-order valence-corrected chi connectivity index (χ4v) is 3.72. The van der Waals surface area contributed by atoms with Crippen molar-refractivity contribution in [1.29, 1.82) is 0 Å². The second-order valence-corrected chi connectivity index (χ2v) is 6.83. The zero-order valence-electron chi connectivity index (χ0n) is 16.2. The molecule has 0 aromatic carbocycles. The topological polar surface area (TPSA) is 74.5 Å². The third kappa shape index (κ3) is 4.86. The van der Waals surface area contributed by atoms with Gasteiger partial charge in [-0.1, -0.05) is 13.8 Å². The SMILES string of the molecule is CCN(CC)[C@H](CNC(=O)[C@H]1CCCN(c2ncccn2)C1)c1ccco1. The van der Waals surface area contributed by atoms with Crippen molar-refractivity contribution in [3.05, 3.63) is 42.6 Å². The number of anilines is 1. The van der Waals surface area contributed by atoms with E-state index in [2.05, 4.69) is 38.9 Å². The minimum atomic E-state index is -0.0449. The lowest BCUT2D eigenvalue weighted by molar-refractivity contribution is -0.125. The third-order valence-corrected chi connectivity index (χ3v) is 5.22. The zero-order chi connectivity index (χ0) is 19.1. The van der Waals surface area contributed by atoms with Gasteiger partial charge in [-0.25, -0.2) is 9.97 Å². The average molecular weight is 371 g/mol. The first kappa shape index (κ1) is 19.4. The van der Waals surface area contributed by atoms with E-state index in [0.717, 1.165) is 38.2 Å². The van der Waals surface area contributed by atoms with E-state index in [9.17, 15) is 4.79 Å². The van der Waals surface area contributed by atoms with Gasteiger partial charge in [-0.05, 0) is 44.1 Å². The molecule has 2 aromatic rings. The van der Waals surface area contributed by atoms with Crippen molar-refractivity contribution in [2.45, 2.75) is 32.7 Å². The molecule has 0 unspecified atom stereocenters. The van der Waals surface area contributed by atoms with Gasteiger partial charge >= 0.3 is 0 Å². The number of carbonyl (C=O) groups is 1. The van der Waals surface area contributed by atoms with Gasteiger partial charge in [-0.15, -0.1) is 0 Å². The molecule has 1 saturated heterocycles. The number of piperidine rings is 1. The van der Waals surface area contributed by atoms with Crippen LogP contribution in [-0.4, -0.2) is 53.5 Å². The summed E-state index contributed by atoms with van der Waals surface area (Å²) in [6, 6.07) is 5.73. The molecule has 0 saturated carbocycles. The van der Waals surface area contributed by atoms with Crippen molar-refractivity contribution in [1.82, 2.24) is 20.2 Å². The average Bonchev–Trinajstić information content (AvgIpc) is 3.26. The Morgan fingerprint density at radius 3 is 2.78 bits per heavy atom. The van der Waals surface area contributed by atoms with E-state index in [1.54, 1.807) is 24.7 Å². The molecule has 1 aliphatic rings. The maximum atomic E-state index is 12.8. The summed E-state index contributed by atoms with van der Waals surface area (Å²) in [6.07, 6.45) is 7.03. The molecule has 1 aliphatic heterocycles. The lowest BCUT2D eigenvalue weighted by Gasteiger charge is -2.33. The fraction of sp³-hybridized carbons (Fsp3) is 0.550. The Labute approximate surface area is 160 Å². The number of hydrogen-bond donors (Lipinski definition) is 1. The van der Waals surface area contributed by atoms with E-state index < -0.39 is 0 Å². The number of aromatic nitrogens is 2. The van der Waals surface area contributed by atoms with Gasteiger partial charge < -0.3 is 14.6 Å². The summed E-state index contributed by atoms with van der Waals surface area (Å²) in [5.41, 5.74) is 0. The summed E-state index contributed by atoms with van der Waals surface area (Å²) < 4.78 is 5.62. The summed E-state index contributed by atoms with van der Waals surface area (Å²) in [5.74, 6) is 1.64. The van der Waals surface area contributed by atoms with Gasteiger partial charge in [-0.2, -0.15) is 0 Å². The van der Waals surface area contributed by atoms with Crippen LogP contribution < -0.4 is 10.2 Å². The van der Waals surface area contributed by atoms with Crippen LogP contribution in [0.5, 0.6) is 0 Å². The Balaban J connectivity index is 1.60. The molecule has 0 bridgehead atoms. The number of carbonyl (C=O) groups excluding carboxylic acids is 1. The number of furan rings is 1. The highest BCUT2D eigenvalue weighted by atomic mass is 16.3. The highest BCUT2D eigenvalue weighted by molar-refractivity contribution is 5.79. The fourth-order valence-electron chi connectivity index (χ4n) is 3.72. The highest BCUT2D eigenvalue weighted by Gasteiger charge is 2.28. The van der Waals surface area contributed by atoms with E-state index in [-0.39, 0.29) is 17.9 Å². The van der Waals surface area contributed by atoms with Gasteiger partial charge in [0.25, 0.3) is 0 Å². The Morgan fingerprint density at radius 2 is 2.11 bits per heavy atom. The smallest absolute Gasteiger partial charge is 0.225 e. The highest BCUT2D eigenvalue weighted by Crippen LogP contribution is 2.22. The van der Waals surface area contributed by atoms with Gasteiger partial charge in [-0.3, -0.25) is 9.69 Å². The second kappa shape index (κ2) is 9.50. The van der Waals surface area contributed by atoms with Gasteiger partial charge in [0.05, 0.1) is 18.2 Å². The molecule has 1 N–H and O–H groups in total. The van der Waals surface area contributed by atoms with E-state index in [0.29, 0.717) is 19.0 Å².